The van der Waals surface area contributed by atoms with E-state index in [1.807, 2.05) is 13.8 Å². The first kappa shape index (κ1) is 35.0. The normalized spacial score (nSPS) is 12.1. The number of carbonyl (C=O) groups is 3. The minimum atomic E-state index is -4.85. The van der Waals surface area contributed by atoms with Crippen molar-refractivity contribution in [2.45, 2.75) is 64.1 Å². The molecular weight excluding hydrogens is 585 g/mol. The molecule has 0 radical (unpaired) electrons. The second-order valence-corrected chi connectivity index (χ2v) is 10.7. The number of unbranched alkanes of at least 4 members (excludes halogenated alkanes) is 1. The first-order valence-corrected chi connectivity index (χ1v) is 14.9. The summed E-state index contributed by atoms with van der Waals surface area (Å²) in [4.78, 5) is 37.9. The van der Waals surface area contributed by atoms with Crippen molar-refractivity contribution in [2.24, 2.45) is 5.73 Å². The van der Waals surface area contributed by atoms with Gasteiger partial charge in [0.1, 0.15) is 23.3 Å². The number of halogens is 3. The Labute approximate surface area is 261 Å². The molecule has 0 heterocycles. The van der Waals surface area contributed by atoms with Crippen LogP contribution in [0, 0.1) is 0 Å². The fourth-order valence-corrected chi connectivity index (χ4v) is 5.30. The van der Waals surface area contributed by atoms with Crippen molar-refractivity contribution < 1.29 is 37.4 Å². The SMILES string of the molecule is CCCc1cc(/C(=C\C=O)C(F)(F)F)c(O)c(CCC)c1OCCCCN(C=O)C(=O)C(N)(c1ccccc1)c1ccccc1. The van der Waals surface area contributed by atoms with Crippen LogP contribution in [0.15, 0.2) is 72.8 Å². The number of hydrogen-bond donors (Lipinski definition) is 2. The van der Waals surface area contributed by atoms with Gasteiger partial charge in [-0.1, -0.05) is 87.4 Å². The van der Waals surface area contributed by atoms with Crippen LogP contribution in [-0.2, 0) is 32.8 Å². The highest BCUT2D eigenvalue weighted by molar-refractivity contribution is 5.97. The van der Waals surface area contributed by atoms with Gasteiger partial charge in [0.2, 0.25) is 6.41 Å². The minimum absolute atomic E-state index is 0.0490. The Morgan fingerprint density at radius 2 is 1.51 bits per heavy atom. The second-order valence-electron chi connectivity index (χ2n) is 10.7. The monoisotopic (exact) mass is 624 g/mol. The van der Waals surface area contributed by atoms with Gasteiger partial charge in [-0.05, 0) is 54.5 Å². The number of aryl methyl sites for hydroxylation is 1. The van der Waals surface area contributed by atoms with Crippen molar-refractivity contribution in [3.05, 3.63) is 101 Å². The summed E-state index contributed by atoms with van der Waals surface area (Å²) in [6.07, 6.45) is -1.41. The van der Waals surface area contributed by atoms with E-state index in [4.69, 9.17) is 10.5 Å². The number of nitrogens with two attached hydrogens (primary N) is 1. The summed E-state index contributed by atoms with van der Waals surface area (Å²) in [6, 6.07) is 18.8. The molecule has 3 aromatic rings. The molecule has 3 aromatic carbocycles. The van der Waals surface area contributed by atoms with Crippen molar-refractivity contribution >= 4 is 24.2 Å². The Balaban J connectivity index is 1.81. The maximum atomic E-state index is 13.8. The topological polar surface area (TPSA) is 110 Å². The lowest BCUT2D eigenvalue weighted by molar-refractivity contribution is -0.141. The van der Waals surface area contributed by atoms with Gasteiger partial charge in [0.25, 0.3) is 5.91 Å². The van der Waals surface area contributed by atoms with Gasteiger partial charge in [-0.25, -0.2) is 0 Å². The zero-order valence-electron chi connectivity index (χ0n) is 25.5. The molecule has 0 aliphatic rings. The van der Waals surface area contributed by atoms with Crippen molar-refractivity contribution in [3.63, 3.8) is 0 Å². The Hall–Kier alpha value is -4.44. The van der Waals surface area contributed by atoms with Crippen LogP contribution in [0.3, 0.4) is 0 Å². The standard InChI is InChI=1S/C35H39F3N2O5/c1-3-13-25-23-29(30(19-21-41)35(36,37)38)31(43)28(14-4-2)32(25)45-22-12-11-20-40(24-42)33(44)34(39,26-15-7-5-8-16-26)27-17-9-6-10-18-27/h5-10,15-19,21,23-24,43H,3-4,11-14,20,22,39H2,1-2H3/b30-19+. The highest BCUT2D eigenvalue weighted by Gasteiger charge is 2.41. The third-order valence-corrected chi connectivity index (χ3v) is 7.50. The number of carbonyl (C=O) groups excluding carboxylic acids is 3. The highest BCUT2D eigenvalue weighted by atomic mass is 19.4. The predicted molar refractivity (Wildman–Crippen MR) is 167 cm³/mol. The van der Waals surface area contributed by atoms with Crippen LogP contribution in [-0.4, -0.2) is 47.9 Å². The molecule has 0 saturated heterocycles. The second kappa shape index (κ2) is 16.0. The number of phenols is 1. The lowest BCUT2D eigenvalue weighted by Gasteiger charge is -2.32. The Bertz CT molecular complexity index is 1430. The van der Waals surface area contributed by atoms with Crippen LogP contribution in [0.1, 0.15) is 67.3 Å². The zero-order chi connectivity index (χ0) is 33.0. The third-order valence-electron chi connectivity index (χ3n) is 7.50. The van der Waals surface area contributed by atoms with Gasteiger partial charge >= 0.3 is 6.18 Å². The van der Waals surface area contributed by atoms with Gasteiger partial charge in [-0.3, -0.25) is 19.3 Å². The van der Waals surface area contributed by atoms with E-state index in [-0.39, 0.29) is 31.4 Å². The largest absolute Gasteiger partial charge is 0.507 e. The number of phenolic OH excluding ortho intramolecular Hbond substituents is 1. The van der Waals surface area contributed by atoms with Gasteiger partial charge in [-0.2, -0.15) is 13.2 Å². The Kier molecular flexibility index (Phi) is 12.5. The molecular formula is C35H39F3N2O5. The first-order chi connectivity index (χ1) is 21.5. The fourth-order valence-electron chi connectivity index (χ4n) is 5.30. The minimum Gasteiger partial charge on any atom is -0.507 e. The van der Waals surface area contributed by atoms with E-state index in [0.717, 1.165) is 4.90 Å². The summed E-state index contributed by atoms with van der Waals surface area (Å²) in [5.41, 5.74) is 5.26. The number of ether oxygens (including phenoxy) is 1. The van der Waals surface area contributed by atoms with E-state index in [1.165, 1.54) is 6.07 Å². The number of aldehydes is 1. The zero-order valence-corrected chi connectivity index (χ0v) is 25.5. The van der Waals surface area contributed by atoms with E-state index in [0.29, 0.717) is 67.0 Å². The van der Waals surface area contributed by atoms with E-state index in [9.17, 15) is 32.7 Å². The lowest BCUT2D eigenvalue weighted by Crippen LogP contribution is -2.53. The van der Waals surface area contributed by atoms with Crippen LogP contribution in [0.5, 0.6) is 11.5 Å². The molecule has 0 aromatic heterocycles. The molecule has 0 unspecified atom stereocenters. The number of alkyl halides is 3. The maximum Gasteiger partial charge on any atom is 0.417 e. The number of rotatable bonds is 16. The van der Waals surface area contributed by atoms with Gasteiger partial charge in [0.15, 0.2) is 0 Å². The predicted octanol–water partition coefficient (Wildman–Crippen LogP) is 6.49. The molecule has 7 nitrogen and oxygen atoms in total. The van der Waals surface area contributed by atoms with Crippen LogP contribution in [0.25, 0.3) is 5.57 Å². The summed E-state index contributed by atoms with van der Waals surface area (Å²) in [5, 5.41) is 11.0. The third kappa shape index (κ3) is 8.19. The van der Waals surface area contributed by atoms with Crippen molar-refractivity contribution in [1.29, 1.82) is 0 Å². The number of nitrogens with zero attached hydrogens (tertiary/aromatic N) is 1. The molecule has 2 amide bonds. The van der Waals surface area contributed by atoms with E-state index in [2.05, 4.69) is 0 Å². The average molecular weight is 625 g/mol. The molecule has 0 fully saturated rings. The molecule has 0 atom stereocenters. The van der Waals surface area contributed by atoms with Crippen LogP contribution in [0.2, 0.25) is 0 Å². The first-order valence-electron chi connectivity index (χ1n) is 14.9. The molecule has 45 heavy (non-hydrogen) atoms. The van der Waals surface area contributed by atoms with Crippen molar-refractivity contribution in [2.75, 3.05) is 13.2 Å². The Morgan fingerprint density at radius 1 is 0.933 bits per heavy atom. The molecule has 0 aliphatic heterocycles. The number of allylic oxidation sites excluding steroid dienone is 2. The number of imide groups is 1. The molecule has 3 N–H and O–H groups in total. The van der Waals surface area contributed by atoms with Gasteiger partial charge < -0.3 is 15.6 Å². The Morgan fingerprint density at radius 3 is 2.00 bits per heavy atom. The van der Waals surface area contributed by atoms with Crippen LogP contribution < -0.4 is 10.5 Å². The summed E-state index contributed by atoms with van der Waals surface area (Å²) in [5.74, 6) is -0.850. The number of amides is 2. The molecule has 0 aliphatic carbocycles. The number of hydrogen-bond acceptors (Lipinski definition) is 6. The summed E-state index contributed by atoms with van der Waals surface area (Å²) >= 11 is 0. The maximum absolute atomic E-state index is 13.8. The fraction of sp³-hybridized carbons (Fsp3) is 0.343. The summed E-state index contributed by atoms with van der Waals surface area (Å²) < 4.78 is 47.4. The highest BCUT2D eigenvalue weighted by Crippen LogP contribution is 2.44. The van der Waals surface area contributed by atoms with E-state index < -0.39 is 34.5 Å². The van der Waals surface area contributed by atoms with Gasteiger partial charge in [0, 0.05) is 17.7 Å². The van der Waals surface area contributed by atoms with Crippen molar-refractivity contribution in [3.8, 4) is 11.5 Å². The summed E-state index contributed by atoms with van der Waals surface area (Å²) in [6.45, 7) is 3.88. The quantitative estimate of drug-likeness (QED) is 0.107. The molecule has 3 rings (SSSR count). The number of benzene rings is 3. The molecule has 0 bridgehead atoms. The molecule has 0 spiro atoms. The van der Waals surface area contributed by atoms with Gasteiger partial charge in [0.05, 0.1) is 12.2 Å². The average Bonchev–Trinajstić information content (AvgIpc) is 3.04. The van der Waals surface area contributed by atoms with Gasteiger partial charge in [-0.15, -0.1) is 0 Å². The smallest absolute Gasteiger partial charge is 0.417 e. The van der Waals surface area contributed by atoms with Crippen LogP contribution >= 0.6 is 0 Å². The van der Waals surface area contributed by atoms with E-state index >= 15 is 0 Å². The van der Waals surface area contributed by atoms with Crippen LogP contribution in [0.4, 0.5) is 13.2 Å². The molecule has 240 valence electrons. The molecule has 10 heteroatoms. The summed E-state index contributed by atoms with van der Waals surface area (Å²) in [7, 11) is 0. The lowest BCUT2D eigenvalue weighted by atomic mass is 9.82. The van der Waals surface area contributed by atoms with Crippen molar-refractivity contribution in [1.82, 2.24) is 4.90 Å². The molecule has 0 saturated carbocycles. The number of aromatic hydroxyl groups is 1. The van der Waals surface area contributed by atoms with E-state index in [1.54, 1.807) is 60.7 Å².